The number of carboxylic acids is 1. The maximum atomic E-state index is 10.6. The third kappa shape index (κ3) is 2.01. The first kappa shape index (κ1) is 9.39. The van der Waals surface area contributed by atoms with Gasteiger partial charge in [-0.15, -0.1) is 0 Å². The normalized spacial score (nSPS) is 10.1. The molecule has 0 bridgehead atoms. The zero-order valence-corrected chi connectivity index (χ0v) is 7.84. The van der Waals surface area contributed by atoms with Gasteiger partial charge >= 0.3 is 5.97 Å². The number of aromatic amines is 1. The molecule has 0 aliphatic heterocycles. The molecule has 0 aliphatic carbocycles. The third-order valence-corrected chi connectivity index (χ3v) is 2.00. The highest BCUT2D eigenvalue weighted by Gasteiger charge is 2.09. The molecule has 0 saturated heterocycles. The largest absolute Gasteiger partial charge is 0.481 e. The maximum Gasteiger partial charge on any atom is 0.307 e. The summed E-state index contributed by atoms with van der Waals surface area (Å²) >= 11 is 0. The van der Waals surface area contributed by atoms with Crippen LogP contribution in [0.2, 0.25) is 0 Å². The van der Waals surface area contributed by atoms with Crippen LogP contribution in [0.5, 0.6) is 0 Å². The van der Waals surface area contributed by atoms with Crippen LogP contribution in [-0.2, 0) is 11.2 Å². The van der Waals surface area contributed by atoms with Crippen LogP contribution in [-0.4, -0.2) is 26.0 Å². The maximum absolute atomic E-state index is 10.6. The monoisotopic (exact) mass is 203 g/mol. The molecular weight excluding hydrogens is 194 g/mol. The Morgan fingerprint density at radius 1 is 1.53 bits per heavy atom. The smallest absolute Gasteiger partial charge is 0.307 e. The number of nitrogens with zero attached hydrogens (tertiary/aromatic N) is 2. The molecule has 0 aromatic carbocycles. The fourth-order valence-corrected chi connectivity index (χ4v) is 1.38. The van der Waals surface area contributed by atoms with E-state index in [2.05, 4.69) is 15.0 Å². The van der Waals surface area contributed by atoms with Crippen LogP contribution in [0.1, 0.15) is 5.56 Å². The van der Waals surface area contributed by atoms with Crippen LogP contribution >= 0.6 is 0 Å². The molecule has 2 rings (SSSR count). The van der Waals surface area contributed by atoms with Crippen molar-refractivity contribution in [1.82, 2.24) is 15.0 Å². The van der Waals surface area contributed by atoms with Crippen LogP contribution in [0.25, 0.3) is 11.3 Å². The molecule has 0 atom stereocenters. The molecule has 5 nitrogen and oxygen atoms in total. The first-order valence-electron chi connectivity index (χ1n) is 4.41. The van der Waals surface area contributed by atoms with Crippen molar-refractivity contribution in [2.75, 3.05) is 0 Å². The average Bonchev–Trinajstić information content (AvgIpc) is 2.70. The molecule has 0 amide bonds. The van der Waals surface area contributed by atoms with Gasteiger partial charge in [-0.05, 0) is 6.07 Å². The van der Waals surface area contributed by atoms with Crippen molar-refractivity contribution in [3.8, 4) is 11.3 Å². The first-order valence-corrected chi connectivity index (χ1v) is 4.41. The zero-order valence-electron chi connectivity index (χ0n) is 7.84. The van der Waals surface area contributed by atoms with Gasteiger partial charge in [0.2, 0.25) is 0 Å². The Morgan fingerprint density at radius 2 is 2.40 bits per heavy atom. The van der Waals surface area contributed by atoms with Crippen molar-refractivity contribution in [3.05, 3.63) is 36.5 Å². The second-order valence-electron chi connectivity index (χ2n) is 3.07. The molecule has 15 heavy (non-hydrogen) atoms. The number of hydrogen-bond acceptors (Lipinski definition) is 3. The number of aliphatic carboxylic acids is 1. The lowest BCUT2D eigenvalue weighted by molar-refractivity contribution is -0.136. The van der Waals surface area contributed by atoms with Crippen LogP contribution in [0.4, 0.5) is 0 Å². The van der Waals surface area contributed by atoms with Gasteiger partial charge in [-0.2, -0.15) is 0 Å². The molecule has 2 aromatic heterocycles. The van der Waals surface area contributed by atoms with Crippen LogP contribution in [0.3, 0.4) is 0 Å². The van der Waals surface area contributed by atoms with E-state index in [9.17, 15) is 4.79 Å². The first-order chi connectivity index (χ1) is 7.27. The van der Waals surface area contributed by atoms with Gasteiger partial charge in [-0.25, -0.2) is 9.97 Å². The second kappa shape index (κ2) is 3.91. The number of nitrogens with one attached hydrogen (secondary N) is 1. The van der Waals surface area contributed by atoms with Crippen molar-refractivity contribution in [1.29, 1.82) is 0 Å². The molecule has 2 heterocycles. The lowest BCUT2D eigenvalue weighted by atomic mass is 10.1. The standard InChI is InChI=1S/C10H9N3O2/c14-9(15)3-8-5-12-6-13-10(8)7-1-2-11-4-7/h1-2,4-6,11H,3H2,(H,14,15). The molecule has 0 spiro atoms. The molecule has 76 valence electrons. The molecule has 2 aromatic rings. The van der Waals surface area contributed by atoms with Crippen LogP contribution in [0, 0.1) is 0 Å². The summed E-state index contributed by atoms with van der Waals surface area (Å²) in [5.41, 5.74) is 2.15. The van der Waals surface area contributed by atoms with Gasteiger partial charge in [0, 0.05) is 29.7 Å². The van der Waals surface area contributed by atoms with E-state index in [0.717, 1.165) is 5.56 Å². The van der Waals surface area contributed by atoms with Crippen molar-refractivity contribution in [2.24, 2.45) is 0 Å². The van der Waals surface area contributed by atoms with Gasteiger partial charge in [-0.1, -0.05) is 0 Å². The summed E-state index contributed by atoms with van der Waals surface area (Å²) in [6.07, 6.45) is 6.41. The zero-order chi connectivity index (χ0) is 10.7. The van der Waals surface area contributed by atoms with E-state index in [1.54, 1.807) is 12.4 Å². The van der Waals surface area contributed by atoms with Crippen molar-refractivity contribution in [3.63, 3.8) is 0 Å². The molecular formula is C10H9N3O2. The van der Waals surface area contributed by atoms with Gasteiger partial charge in [0.1, 0.15) is 6.33 Å². The fourth-order valence-electron chi connectivity index (χ4n) is 1.38. The van der Waals surface area contributed by atoms with Crippen molar-refractivity contribution < 1.29 is 9.90 Å². The number of rotatable bonds is 3. The Morgan fingerprint density at radius 3 is 3.07 bits per heavy atom. The van der Waals surface area contributed by atoms with Gasteiger partial charge in [0.15, 0.2) is 0 Å². The summed E-state index contributed by atoms with van der Waals surface area (Å²) < 4.78 is 0. The summed E-state index contributed by atoms with van der Waals surface area (Å²) in [7, 11) is 0. The Hall–Kier alpha value is -2.17. The summed E-state index contributed by atoms with van der Waals surface area (Å²) in [6, 6.07) is 1.84. The highest BCUT2D eigenvalue weighted by Crippen LogP contribution is 2.19. The van der Waals surface area contributed by atoms with E-state index in [-0.39, 0.29) is 6.42 Å². The average molecular weight is 203 g/mol. The van der Waals surface area contributed by atoms with Gasteiger partial charge in [0.05, 0.1) is 12.1 Å². The Balaban J connectivity index is 2.42. The SMILES string of the molecule is O=C(O)Cc1cncnc1-c1cc[nH]c1. The van der Waals surface area contributed by atoms with E-state index in [4.69, 9.17) is 5.11 Å². The second-order valence-corrected chi connectivity index (χ2v) is 3.07. The Kier molecular flexibility index (Phi) is 2.45. The van der Waals surface area contributed by atoms with Crippen molar-refractivity contribution >= 4 is 5.97 Å². The van der Waals surface area contributed by atoms with Gasteiger partial charge < -0.3 is 10.1 Å². The number of carbonyl (C=O) groups is 1. The molecule has 5 heteroatoms. The topological polar surface area (TPSA) is 78.9 Å². The fraction of sp³-hybridized carbons (Fsp3) is 0.100. The van der Waals surface area contributed by atoms with E-state index in [0.29, 0.717) is 11.3 Å². The van der Waals surface area contributed by atoms with E-state index < -0.39 is 5.97 Å². The summed E-state index contributed by atoms with van der Waals surface area (Å²) in [5.74, 6) is -0.887. The lowest BCUT2D eigenvalue weighted by Crippen LogP contribution is -2.03. The molecule has 0 fully saturated rings. The minimum absolute atomic E-state index is 0.0681. The Labute approximate surface area is 85.8 Å². The molecule has 2 N–H and O–H groups in total. The summed E-state index contributed by atoms with van der Waals surface area (Å²) in [4.78, 5) is 21.4. The highest BCUT2D eigenvalue weighted by molar-refractivity contribution is 5.74. The molecule has 0 radical (unpaired) electrons. The van der Waals surface area contributed by atoms with E-state index in [1.807, 2.05) is 6.07 Å². The predicted octanol–water partition coefficient (Wildman–Crippen LogP) is 1.10. The quantitative estimate of drug-likeness (QED) is 0.782. The minimum Gasteiger partial charge on any atom is -0.481 e. The van der Waals surface area contributed by atoms with E-state index >= 15 is 0 Å². The molecule has 0 saturated carbocycles. The number of H-pyrrole nitrogens is 1. The van der Waals surface area contributed by atoms with Crippen LogP contribution in [0.15, 0.2) is 31.0 Å². The number of aromatic nitrogens is 3. The number of carboxylic acid groups (broad SMARTS) is 1. The Bertz CT molecular complexity index is 465. The van der Waals surface area contributed by atoms with Gasteiger partial charge in [-0.3, -0.25) is 4.79 Å². The van der Waals surface area contributed by atoms with Crippen molar-refractivity contribution in [2.45, 2.75) is 6.42 Å². The summed E-state index contributed by atoms with van der Waals surface area (Å²) in [6.45, 7) is 0. The molecule has 0 unspecified atom stereocenters. The third-order valence-electron chi connectivity index (χ3n) is 2.00. The van der Waals surface area contributed by atoms with Crippen LogP contribution < -0.4 is 0 Å². The highest BCUT2D eigenvalue weighted by atomic mass is 16.4. The minimum atomic E-state index is -0.887. The summed E-state index contributed by atoms with van der Waals surface area (Å²) in [5, 5.41) is 8.73. The lowest BCUT2D eigenvalue weighted by Gasteiger charge is -2.02. The number of hydrogen-bond donors (Lipinski definition) is 2. The molecule has 0 aliphatic rings. The van der Waals surface area contributed by atoms with Gasteiger partial charge in [0.25, 0.3) is 0 Å². The predicted molar refractivity (Wildman–Crippen MR) is 53.2 cm³/mol. The van der Waals surface area contributed by atoms with E-state index in [1.165, 1.54) is 12.5 Å².